The lowest BCUT2D eigenvalue weighted by molar-refractivity contribution is -0.141. The van der Waals surface area contributed by atoms with E-state index in [2.05, 4.69) is 29.6 Å². The quantitative estimate of drug-likeness (QED) is 0.874. The number of aliphatic carboxylic acids is 1. The van der Waals surface area contributed by atoms with E-state index in [4.69, 9.17) is 5.11 Å². The Morgan fingerprint density at radius 2 is 1.74 bits per heavy atom. The molecule has 124 valence electrons. The molecule has 4 nitrogen and oxygen atoms in total. The number of benzene rings is 1. The van der Waals surface area contributed by atoms with Crippen molar-refractivity contribution in [3.05, 3.63) is 35.9 Å². The highest BCUT2D eigenvalue weighted by Crippen LogP contribution is 2.38. The van der Waals surface area contributed by atoms with Crippen LogP contribution in [0.2, 0.25) is 0 Å². The predicted octanol–water partition coefficient (Wildman–Crippen LogP) is 3.47. The highest BCUT2D eigenvalue weighted by molar-refractivity contribution is 5.81. The SMILES string of the molecule is O=C(O)CC1(NC(=O)C2CCC(c3ccccc3)CC2)CCC1. The highest BCUT2D eigenvalue weighted by atomic mass is 16.4. The summed E-state index contributed by atoms with van der Waals surface area (Å²) in [7, 11) is 0. The van der Waals surface area contributed by atoms with Gasteiger partial charge in [-0.15, -0.1) is 0 Å². The molecule has 0 heterocycles. The Labute approximate surface area is 137 Å². The van der Waals surface area contributed by atoms with Gasteiger partial charge in [-0.25, -0.2) is 0 Å². The molecule has 2 N–H and O–H groups in total. The first-order chi connectivity index (χ1) is 11.1. The van der Waals surface area contributed by atoms with Crippen LogP contribution in [-0.4, -0.2) is 22.5 Å². The molecule has 0 aliphatic heterocycles. The molecule has 4 heteroatoms. The van der Waals surface area contributed by atoms with Crippen molar-refractivity contribution in [3.8, 4) is 0 Å². The van der Waals surface area contributed by atoms with Gasteiger partial charge in [0.25, 0.3) is 0 Å². The second-order valence-electron chi connectivity index (χ2n) is 7.15. The minimum atomic E-state index is -0.821. The zero-order valence-corrected chi connectivity index (χ0v) is 13.5. The maximum absolute atomic E-state index is 12.5. The summed E-state index contributed by atoms with van der Waals surface area (Å²) in [5, 5.41) is 12.1. The molecule has 0 unspecified atom stereocenters. The second-order valence-corrected chi connectivity index (χ2v) is 7.15. The number of carbonyl (C=O) groups is 2. The smallest absolute Gasteiger partial charge is 0.305 e. The third kappa shape index (κ3) is 3.74. The van der Waals surface area contributed by atoms with Crippen molar-refractivity contribution in [1.82, 2.24) is 5.32 Å². The molecule has 0 spiro atoms. The monoisotopic (exact) mass is 315 g/mol. The topological polar surface area (TPSA) is 66.4 Å². The number of carboxylic acids is 1. The first kappa shape index (κ1) is 16.0. The molecular weight excluding hydrogens is 290 g/mol. The first-order valence-electron chi connectivity index (χ1n) is 8.67. The van der Waals surface area contributed by atoms with Gasteiger partial charge < -0.3 is 10.4 Å². The Morgan fingerprint density at radius 1 is 1.09 bits per heavy atom. The molecule has 2 fully saturated rings. The van der Waals surface area contributed by atoms with Crippen molar-refractivity contribution in [1.29, 1.82) is 0 Å². The van der Waals surface area contributed by atoms with Gasteiger partial charge in [-0.1, -0.05) is 30.3 Å². The van der Waals surface area contributed by atoms with E-state index in [9.17, 15) is 9.59 Å². The summed E-state index contributed by atoms with van der Waals surface area (Å²) in [6.45, 7) is 0. The van der Waals surface area contributed by atoms with Gasteiger partial charge in [0.15, 0.2) is 0 Å². The van der Waals surface area contributed by atoms with Crippen molar-refractivity contribution in [3.63, 3.8) is 0 Å². The fourth-order valence-electron chi connectivity index (χ4n) is 4.02. The summed E-state index contributed by atoms with van der Waals surface area (Å²) >= 11 is 0. The number of carbonyl (C=O) groups excluding carboxylic acids is 1. The molecular formula is C19H25NO3. The lowest BCUT2D eigenvalue weighted by Gasteiger charge is -2.42. The van der Waals surface area contributed by atoms with Crippen molar-refractivity contribution in [2.24, 2.45) is 5.92 Å². The van der Waals surface area contributed by atoms with Crippen LogP contribution in [0.4, 0.5) is 0 Å². The first-order valence-corrected chi connectivity index (χ1v) is 8.67. The zero-order valence-electron chi connectivity index (χ0n) is 13.5. The van der Waals surface area contributed by atoms with Crippen molar-refractivity contribution >= 4 is 11.9 Å². The molecule has 3 rings (SSSR count). The molecule has 0 saturated heterocycles. The van der Waals surface area contributed by atoms with E-state index in [-0.39, 0.29) is 18.2 Å². The molecule has 1 aromatic rings. The summed E-state index contributed by atoms with van der Waals surface area (Å²) in [6.07, 6.45) is 6.52. The second kappa shape index (κ2) is 6.73. The van der Waals surface area contributed by atoms with Crippen molar-refractivity contribution < 1.29 is 14.7 Å². The Kier molecular flexibility index (Phi) is 4.69. The summed E-state index contributed by atoms with van der Waals surface area (Å²) in [5.41, 5.74) is 0.895. The van der Waals surface area contributed by atoms with E-state index >= 15 is 0 Å². The summed E-state index contributed by atoms with van der Waals surface area (Å²) in [4.78, 5) is 23.5. The van der Waals surface area contributed by atoms with Crippen LogP contribution in [0.3, 0.4) is 0 Å². The molecule has 23 heavy (non-hydrogen) atoms. The summed E-state index contributed by atoms with van der Waals surface area (Å²) in [5.74, 6) is -0.159. The van der Waals surface area contributed by atoms with Gasteiger partial charge in [-0.05, 0) is 56.4 Å². The number of nitrogens with one attached hydrogen (secondary N) is 1. The molecule has 2 aliphatic carbocycles. The summed E-state index contributed by atoms with van der Waals surface area (Å²) in [6, 6.07) is 10.5. The molecule has 0 bridgehead atoms. The predicted molar refractivity (Wildman–Crippen MR) is 88.1 cm³/mol. The average Bonchev–Trinajstić information content (AvgIpc) is 2.53. The fraction of sp³-hybridized carbons (Fsp3) is 0.579. The third-order valence-corrected chi connectivity index (χ3v) is 5.56. The van der Waals surface area contributed by atoms with Crippen LogP contribution in [0, 0.1) is 5.92 Å². The molecule has 0 aromatic heterocycles. The Morgan fingerprint density at radius 3 is 2.26 bits per heavy atom. The molecule has 2 saturated carbocycles. The Hall–Kier alpha value is -1.84. The number of hydrogen-bond acceptors (Lipinski definition) is 2. The van der Waals surface area contributed by atoms with Crippen LogP contribution in [0.15, 0.2) is 30.3 Å². The van der Waals surface area contributed by atoms with Crippen LogP contribution < -0.4 is 5.32 Å². The van der Waals surface area contributed by atoms with Crippen molar-refractivity contribution in [2.75, 3.05) is 0 Å². The van der Waals surface area contributed by atoms with Gasteiger partial charge in [0.05, 0.1) is 12.0 Å². The van der Waals surface area contributed by atoms with E-state index in [1.807, 2.05) is 6.07 Å². The maximum Gasteiger partial charge on any atom is 0.305 e. The third-order valence-electron chi connectivity index (χ3n) is 5.56. The highest BCUT2D eigenvalue weighted by Gasteiger charge is 2.41. The minimum Gasteiger partial charge on any atom is -0.481 e. The van der Waals surface area contributed by atoms with E-state index in [1.54, 1.807) is 0 Å². The van der Waals surface area contributed by atoms with Crippen LogP contribution in [-0.2, 0) is 9.59 Å². The van der Waals surface area contributed by atoms with Gasteiger partial charge in [0.1, 0.15) is 0 Å². The van der Waals surface area contributed by atoms with E-state index in [0.717, 1.165) is 44.9 Å². The molecule has 2 aliphatic rings. The lowest BCUT2D eigenvalue weighted by Crippen LogP contribution is -2.56. The van der Waals surface area contributed by atoms with Crippen LogP contribution >= 0.6 is 0 Å². The van der Waals surface area contributed by atoms with E-state index in [0.29, 0.717) is 5.92 Å². The minimum absolute atomic E-state index is 0.0428. The summed E-state index contributed by atoms with van der Waals surface area (Å²) < 4.78 is 0. The largest absolute Gasteiger partial charge is 0.481 e. The maximum atomic E-state index is 12.5. The van der Waals surface area contributed by atoms with Gasteiger partial charge in [0, 0.05) is 5.92 Å². The van der Waals surface area contributed by atoms with Gasteiger partial charge in [0.2, 0.25) is 5.91 Å². The normalized spacial score (nSPS) is 26.1. The van der Waals surface area contributed by atoms with Gasteiger partial charge in [-0.2, -0.15) is 0 Å². The lowest BCUT2D eigenvalue weighted by atomic mass is 9.73. The average molecular weight is 315 g/mol. The van der Waals surface area contributed by atoms with Crippen molar-refractivity contribution in [2.45, 2.75) is 62.8 Å². The number of hydrogen-bond donors (Lipinski definition) is 2. The van der Waals surface area contributed by atoms with Gasteiger partial charge >= 0.3 is 5.97 Å². The number of rotatable bonds is 5. The van der Waals surface area contributed by atoms with Crippen LogP contribution in [0.1, 0.15) is 62.8 Å². The molecule has 0 atom stereocenters. The van der Waals surface area contributed by atoms with Crippen LogP contribution in [0.25, 0.3) is 0 Å². The number of carboxylic acid groups (broad SMARTS) is 1. The molecule has 1 amide bonds. The number of amides is 1. The van der Waals surface area contributed by atoms with Gasteiger partial charge in [-0.3, -0.25) is 9.59 Å². The Bertz CT molecular complexity index is 557. The van der Waals surface area contributed by atoms with Crippen LogP contribution in [0.5, 0.6) is 0 Å². The zero-order chi connectivity index (χ0) is 16.3. The standard InChI is InChI=1S/C19H25NO3/c21-17(22)13-19(11-4-12-19)20-18(23)16-9-7-15(8-10-16)14-5-2-1-3-6-14/h1-3,5-6,15-16H,4,7-13H2,(H,20,23)(H,21,22). The fourth-order valence-corrected chi connectivity index (χ4v) is 4.02. The molecule has 0 radical (unpaired) electrons. The Balaban J connectivity index is 1.53. The molecule has 1 aromatic carbocycles. The van der Waals surface area contributed by atoms with E-state index < -0.39 is 11.5 Å². The van der Waals surface area contributed by atoms with E-state index in [1.165, 1.54) is 5.56 Å².